The minimum Gasteiger partial charge on any atom is -0.507 e. The molecule has 1 aromatic rings. The van der Waals surface area contributed by atoms with E-state index in [0.29, 0.717) is 25.9 Å². The highest BCUT2D eigenvalue weighted by atomic mass is 19.4. The summed E-state index contributed by atoms with van der Waals surface area (Å²) in [5, 5.41) is 36.2. The Bertz CT molecular complexity index is 1350. The number of Topliss-reactive ketones (excluding diaryl/α,β-unsaturated/α-hetero) is 2. The number of rotatable bonds is 8. The molecule has 224 valence electrons. The van der Waals surface area contributed by atoms with Crippen LogP contribution in [0.1, 0.15) is 68.3 Å². The van der Waals surface area contributed by atoms with Gasteiger partial charge in [0.15, 0.2) is 23.4 Å². The molecule has 0 saturated heterocycles. The Morgan fingerprint density at radius 3 is 2.29 bits per heavy atom. The highest BCUT2D eigenvalue weighted by molar-refractivity contribution is 6.28. The molecule has 4 rings (SSSR count). The smallest absolute Gasteiger partial charge is 0.417 e. The Hall–Kier alpha value is -3.38. The number of fused-ring (bicyclic) bond motifs is 3. The number of phenolic OH excluding ortho intramolecular Hbond substituents is 1. The van der Waals surface area contributed by atoms with Crippen LogP contribution in [0.3, 0.4) is 0 Å². The van der Waals surface area contributed by atoms with E-state index in [2.05, 4.69) is 5.32 Å². The lowest BCUT2D eigenvalue weighted by Crippen LogP contribution is -3.16. The van der Waals surface area contributed by atoms with Crippen LogP contribution in [0.2, 0.25) is 0 Å². The van der Waals surface area contributed by atoms with Crippen molar-refractivity contribution in [2.45, 2.75) is 64.7 Å². The van der Waals surface area contributed by atoms with Crippen LogP contribution in [0.5, 0.6) is 5.75 Å². The first-order valence-electron chi connectivity index (χ1n) is 14.0. The second-order valence-corrected chi connectivity index (χ2v) is 11.1. The number of aliphatic hydroxyl groups is 2. The number of amides is 1. The molecule has 1 fully saturated rings. The molecular weight excluding hydrogens is 543 g/mol. The molecular formula is C29H37F3N3O6+. The standard InChI is InChI=1S/C29H36F3N3O6/c1-5-8-16(34-4)13-11-17(36)19-14(22(13)29(30,31)32)9-12-10-15-20(25(38)18(12)24(19)37)26(39)21(28(33)41)27(40)23(15)35(6-2)7-3/h11-12,15-16,20,23,34,36-37,40H,5-10H2,1-4H3,(H2,33,41)/p+1/t12-,15?,16?,20?,23?/m0/s1. The zero-order valence-electron chi connectivity index (χ0n) is 23.5. The Balaban J connectivity index is 1.96. The van der Waals surface area contributed by atoms with Crippen LogP contribution >= 0.6 is 0 Å². The van der Waals surface area contributed by atoms with Gasteiger partial charge in [0.2, 0.25) is 0 Å². The van der Waals surface area contributed by atoms with Crippen molar-refractivity contribution in [2.75, 3.05) is 20.1 Å². The molecule has 7 N–H and O–H groups in total. The molecule has 0 aliphatic heterocycles. The number of quaternary nitrogens is 1. The lowest BCUT2D eigenvalue weighted by atomic mass is 9.59. The summed E-state index contributed by atoms with van der Waals surface area (Å²) in [6.07, 6.45) is -4.21. The summed E-state index contributed by atoms with van der Waals surface area (Å²) in [7, 11) is 1.53. The van der Waals surface area contributed by atoms with Gasteiger partial charge >= 0.3 is 6.18 Å². The summed E-state index contributed by atoms with van der Waals surface area (Å²) < 4.78 is 44.0. The molecule has 1 saturated carbocycles. The van der Waals surface area contributed by atoms with Crippen molar-refractivity contribution in [1.82, 2.24) is 5.32 Å². The SMILES string of the molecule is CCCC(NC)c1cc(O)c2c(c1C(F)(F)F)C[C@H]1CC3C(C(=O)C(C(N)=O)=C(O)C3[NH+](CC)CC)C(=O)C1=C2O. The van der Waals surface area contributed by atoms with Gasteiger partial charge in [-0.2, -0.15) is 13.2 Å². The summed E-state index contributed by atoms with van der Waals surface area (Å²) in [5.41, 5.74) is 2.60. The van der Waals surface area contributed by atoms with E-state index in [0.717, 1.165) is 11.0 Å². The zero-order chi connectivity index (χ0) is 30.5. The van der Waals surface area contributed by atoms with Gasteiger partial charge in [-0.15, -0.1) is 0 Å². The lowest BCUT2D eigenvalue weighted by Gasteiger charge is -2.45. The Morgan fingerprint density at radius 1 is 1.15 bits per heavy atom. The molecule has 3 aliphatic carbocycles. The molecule has 3 aliphatic rings. The van der Waals surface area contributed by atoms with Crippen molar-refractivity contribution < 1.29 is 47.8 Å². The van der Waals surface area contributed by atoms with Gasteiger partial charge in [-0.1, -0.05) is 13.3 Å². The monoisotopic (exact) mass is 580 g/mol. The number of likely N-dealkylation sites (N-methyl/N-ethyl adjacent to an activating group) is 1. The summed E-state index contributed by atoms with van der Waals surface area (Å²) in [6, 6.07) is -0.619. The molecule has 0 spiro atoms. The van der Waals surface area contributed by atoms with Crippen molar-refractivity contribution >= 4 is 23.2 Å². The second kappa shape index (κ2) is 11.1. The number of carbonyl (C=O) groups excluding carboxylic acids is 3. The van der Waals surface area contributed by atoms with Gasteiger partial charge in [-0.05, 0) is 63.3 Å². The van der Waals surface area contributed by atoms with Crippen LogP contribution in [0.4, 0.5) is 13.2 Å². The number of nitrogens with two attached hydrogens (primary N) is 1. The average molecular weight is 581 g/mol. The Morgan fingerprint density at radius 2 is 1.78 bits per heavy atom. The largest absolute Gasteiger partial charge is 0.507 e. The van der Waals surface area contributed by atoms with Gasteiger partial charge in [0.05, 0.1) is 30.1 Å². The Kier molecular flexibility index (Phi) is 8.30. The number of allylic oxidation sites excluding steroid dienone is 1. The van der Waals surface area contributed by atoms with Crippen LogP contribution in [-0.4, -0.2) is 59.0 Å². The third-order valence-corrected chi connectivity index (χ3v) is 9.01. The van der Waals surface area contributed by atoms with E-state index in [1.165, 1.54) is 7.05 Å². The molecule has 1 amide bonds. The molecule has 0 bridgehead atoms. The lowest BCUT2D eigenvalue weighted by molar-refractivity contribution is -0.922. The number of hydrogen-bond acceptors (Lipinski definition) is 7. The van der Waals surface area contributed by atoms with E-state index < -0.39 is 87.5 Å². The predicted octanol–water partition coefficient (Wildman–Crippen LogP) is 2.29. The number of ketones is 2. The zero-order valence-corrected chi connectivity index (χ0v) is 23.5. The highest BCUT2D eigenvalue weighted by Crippen LogP contribution is 2.53. The maximum atomic E-state index is 14.7. The maximum Gasteiger partial charge on any atom is 0.417 e. The van der Waals surface area contributed by atoms with Crippen LogP contribution in [0.15, 0.2) is 23.0 Å². The first-order chi connectivity index (χ1) is 19.2. The number of carbonyl (C=O) groups is 3. The van der Waals surface area contributed by atoms with E-state index in [-0.39, 0.29) is 29.5 Å². The normalized spacial score (nSPS) is 25.3. The molecule has 5 atom stereocenters. The van der Waals surface area contributed by atoms with Crippen LogP contribution in [-0.2, 0) is 27.0 Å². The number of benzene rings is 1. The fourth-order valence-corrected chi connectivity index (χ4v) is 7.31. The van der Waals surface area contributed by atoms with E-state index in [1.54, 1.807) is 0 Å². The van der Waals surface area contributed by atoms with Gasteiger partial charge in [0.1, 0.15) is 17.1 Å². The van der Waals surface area contributed by atoms with Crippen molar-refractivity contribution in [3.63, 3.8) is 0 Å². The van der Waals surface area contributed by atoms with Crippen LogP contribution in [0, 0.1) is 17.8 Å². The van der Waals surface area contributed by atoms with E-state index in [4.69, 9.17) is 5.73 Å². The van der Waals surface area contributed by atoms with E-state index in [9.17, 15) is 42.9 Å². The molecule has 0 aromatic heterocycles. The first kappa shape index (κ1) is 30.6. The number of nitrogens with one attached hydrogen (secondary N) is 2. The van der Waals surface area contributed by atoms with Crippen molar-refractivity contribution in [2.24, 2.45) is 23.5 Å². The molecule has 41 heavy (non-hydrogen) atoms. The van der Waals surface area contributed by atoms with Gasteiger partial charge in [0, 0.05) is 17.5 Å². The van der Waals surface area contributed by atoms with Gasteiger partial charge in [-0.3, -0.25) is 14.4 Å². The summed E-state index contributed by atoms with van der Waals surface area (Å²) in [4.78, 5) is 40.3. The minimum absolute atomic E-state index is 0.00203. The summed E-state index contributed by atoms with van der Waals surface area (Å²) in [5.74, 6) is -8.12. The fraction of sp³-hybridized carbons (Fsp3) is 0.552. The first-order valence-corrected chi connectivity index (χ1v) is 14.0. The third-order valence-electron chi connectivity index (χ3n) is 9.01. The molecule has 4 unspecified atom stereocenters. The maximum absolute atomic E-state index is 14.7. The number of hydrogen-bond donors (Lipinski definition) is 6. The highest BCUT2D eigenvalue weighted by Gasteiger charge is 2.58. The van der Waals surface area contributed by atoms with E-state index in [1.807, 2.05) is 20.8 Å². The van der Waals surface area contributed by atoms with Gasteiger partial charge < -0.3 is 31.3 Å². The molecule has 1 aromatic carbocycles. The van der Waals surface area contributed by atoms with Crippen molar-refractivity contribution in [3.8, 4) is 5.75 Å². The minimum atomic E-state index is -4.83. The van der Waals surface area contributed by atoms with Gasteiger partial charge in [0.25, 0.3) is 5.91 Å². The fourth-order valence-electron chi connectivity index (χ4n) is 7.31. The van der Waals surface area contributed by atoms with Crippen molar-refractivity contribution in [3.05, 3.63) is 45.2 Å². The molecule has 9 nitrogen and oxygen atoms in total. The van der Waals surface area contributed by atoms with Crippen molar-refractivity contribution in [1.29, 1.82) is 0 Å². The van der Waals surface area contributed by atoms with E-state index >= 15 is 0 Å². The van der Waals surface area contributed by atoms with Crippen LogP contribution in [0.25, 0.3) is 5.76 Å². The number of alkyl halides is 3. The number of aliphatic hydroxyl groups excluding tert-OH is 2. The topological polar surface area (TPSA) is 154 Å². The van der Waals surface area contributed by atoms with Gasteiger partial charge in [-0.25, -0.2) is 0 Å². The quantitative estimate of drug-likeness (QED) is 0.204. The van der Waals surface area contributed by atoms with Crippen LogP contribution < -0.4 is 16.0 Å². The summed E-state index contributed by atoms with van der Waals surface area (Å²) >= 11 is 0. The number of halogens is 3. The number of aromatic hydroxyl groups is 1. The molecule has 0 heterocycles. The summed E-state index contributed by atoms with van der Waals surface area (Å²) in [6.45, 7) is 6.41. The second-order valence-electron chi connectivity index (χ2n) is 11.1. The predicted molar refractivity (Wildman–Crippen MR) is 143 cm³/mol. The third kappa shape index (κ3) is 4.80. The average Bonchev–Trinajstić information content (AvgIpc) is 2.87. The Labute approximate surface area is 235 Å². The number of primary amides is 1. The molecule has 12 heteroatoms. The number of phenols is 1. The molecule has 0 radical (unpaired) electrons.